The van der Waals surface area contributed by atoms with Crippen molar-refractivity contribution < 1.29 is 14.3 Å². The molecule has 0 saturated carbocycles. The van der Waals surface area contributed by atoms with Gasteiger partial charge in [0.2, 0.25) is 0 Å². The van der Waals surface area contributed by atoms with E-state index >= 15 is 0 Å². The maximum atomic E-state index is 14.3. The van der Waals surface area contributed by atoms with Gasteiger partial charge in [0, 0.05) is 34.6 Å². The number of aryl methyl sites for hydroxylation is 1. The number of benzene rings is 3. The third kappa shape index (κ3) is 4.73. The van der Waals surface area contributed by atoms with E-state index in [0.29, 0.717) is 12.1 Å². The van der Waals surface area contributed by atoms with Gasteiger partial charge in [0.1, 0.15) is 11.5 Å². The molecule has 1 aromatic heterocycles. The predicted molar refractivity (Wildman–Crippen MR) is 125 cm³/mol. The zero-order valence-electron chi connectivity index (χ0n) is 18.1. The van der Waals surface area contributed by atoms with Crippen LogP contribution in [0.2, 0.25) is 0 Å². The van der Waals surface area contributed by atoms with Gasteiger partial charge in [-0.05, 0) is 37.5 Å². The molecule has 0 aliphatic carbocycles. The highest BCUT2D eigenvalue weighted by Crippen LogP contribution is 2.28. The van der Waals surface area contributed by atoms with Crippen LogP contribution in [-0.4, -0.2) is 21.7 Å². The first kappa shape index (κ1) is 21.8. The van der Waals surface area contributed by atoms with E-state index in [-0.39, 0.29) is 24.1 Å². The molecule has 1 atom stereocenters. The second-order valence-electron chi connectivity index (χ2n) is 8.13. The number of halogens is 1. The van der Waals surface area contributed by atoms with E-state index in [1.54, 1.807) is 22.8 Å². The van der Waals surface area contributed by atoms with Gasteiger partial charge in [-0.3, -0.25) is 0 Å². The molecule has 164 valence electrons. The number of carboxylic acid groups (broad SMARTS) is 1. The lowest BCUT2D eigenvalue weighted by molar-refractivity contribution is 0.0684. The van der Waals surface area contributed by atoms with Gasteiger partial charge in [0.25, 0.3) is 0 Å². The monoisotopic (exact) mass is 430 g/mol. The molecule has 1 heterocycles. The van der Waals surface area contributed by atoms with E-state index < -0.39 is 5.97 Å². The Labute approximate surface area is 187 Å². The summed E-state index contributed by atoms with van der Waals surface area (Å²) in [5, 5.41) is 14.4. The number of aromatic nitrogens is 1. The second kappa shape index (κ2) is 9.79. The third-order valence-corrected chi connectivity index (χ3v) is 5.90. The Morgan fingerprint density at radius 3 is 2.44 bits per heavy atom. The lowest BCUT2D eigenvalue weighted by Gasteiger charge is -2.15. The Bertz CT molecular complexity index is 1220. The fraction of sp³-hybridized carbons (Fsp3) is 0.222. The summed E-state index contributed by atoms with van der Waals surface area (Å²) in [4.78, 5) is 12.3. The van der Waals surface area contributed by atoms with Gasteiger partial charge in [-0.2, -0.15) is 0 Å². The minimum atomic E-state index is -1.01. The average Bonchev–Trinajstić information content (AvgIpc) is 3.12. The Hall–Kier alpha value is -3.44. The fourth-order valence-electron chi connectivity index (χ4n) is 4.17. The number of hydrogen-bond acceptors (Lipinski definition) is 2. The topological polar surface area (TPSA) is 54.3 Å². The van der Waals surface area contributed by atoms with Crippen molar-refractivity contribution in [1.82, 2.24) is 9.88 Å². The van der Waals surface area contributed by atoms with Gasteiger partial charge < -0.3 is 15.0 Å². The maximum absolute atomic E-state index is 14.3. The number of rotatable bonds is 9. The first-order chi connectivity index (χ1) is 15.5. The lowest BCUT2D eigenvalue weighted by atomic mass is 10.1. The molecule has 4 rings (SSSR count). The summed E-state index contributed by atoms with van der Waals surface area (Å²) >= 11 is 0. The molecule has 3 aromatic carbocycles. The van der Waals surface area contributed by atoms with Crippen LogP contribution < -0.4 is 5.32 Å². The molecule has 2 N–H and O–H groups in total. The summed E-state index contributed by atoms with van der Waals surface area (Å²) in [5.74, 6) is -1.35. The Morgan fingerprint density at radius 2 is 1.69 bits per heavy atom. The summed E-state index contributed by atoms with van der Waals surface area (Å²) in [6.07, 6.45) is 1.90. The van der Waals surface area contributed by atoms with E-state index in [1.807, 2.05) is 42.5 Å². The summed E-state index contributed by atoms with van der Waals surface area (Å²) in [6, 6.07) is 24.6. The quantitative estimate of drug-likeness (QED) is 0.361. The molecule has 0 spiro atoms. The molecule has 0 fully saturated rings. The number of nitrogens with zero attached hydrogens (tertiary/aromatic N) is 1. The molecule has 0 unspecified atom stereocenters. The molecule has 4 aromatic rings. The number of para-hydroxylation sites is 1. The Balaban J connectivity index is 1.60. The Morgan fingerprint density at radius 1 is 1.00 bits per heavy atom. The standard InChI is InChI=1S/C27H27FN2O2/c1-19(15-16-20-9-3-2-4-10-20)29-17-23-22-12-6-8-14-25(22)30(26(23)27(31)32)18-21-11-5-7-13-24(21)28/h2-14,19,29H,15-18H2,1H3,(H,31,32)/t19-/m1/s1. The van der Waals surface area contributed by atoms with Crippen LogP contribution in [0.3, 0.4) is 0 Å². The minimum Gasteiger partial charge on any atom is -0.477 e. The normalized spacial score (nSPS) is 12.2. The molecule has 4 nitrogen and oxygen atoms in total. The SMILES string of the molecule is C[C@H](CCc1ccccc1)NCc1c(C(=O)O)n(Cc2ccccc2F)c2ccccc12. The van der Waals surface area contributed by atoms with E-state index in [1.165, 1.54) is 11.6 Å². The number of carbonyl (C=O) groups is 1. The van der Waals surface area contributed by atoms with Gasteiger partial charge >= 0.3 is 5.97 Å². The predicted octanol–water partition coefficient (Wildman–Crippen LogP) is 5.64. The fourth-order valence-corrected chi connectivity index (χ4v) is 4.17. The molecular formula is C27H27FN2O2. The number of aromatic carboxylic acids is 1. The molecule has 0 aliphatic heterocycles. The molecule has 0 radical (unpaired) electrons. The summed E-state index contributed by atoms with van der Waals surface area (Å²) < 4.78 is 16.0. The van der Waals surface area contributed by atoms with Crippen LogP contribution in [0.15, 0.2) is 78.9 Å². The van der Waals surface area contributed by atoms with Crippen molar-refractivity contribution in [2.24, 2.45) is 0 Å². The van der Waals surface area contributed by atoms with Crippen molar-refractivity contribution in [2.45, 2.75) is 38.9 Å². The maximum Gasteiger partial charge on any atom is 0.352 e. The molecule has 0 aliphatic rings. The van der Waals surface area contributed by atoms with Crippen LogP contribution in [0.5, 0.6) is 0 Å². The van der Waals surface area contributed by atoms with Gasteiger partial charge in [-0.15, -0.1) is 0 Å². The highest BCUT2D eigenvalue weighted by molar-refractivity contribution is 5.98. The van der Waals surface area contributed by atoms with E-state index in [9.17, 15) is 14.3 Å². The van der Waals surface area contributed by atoms with E-state index in [0.717, 1.165) is 29.3 Å². The largest absolute Gasteiger partial charge is 0.477 e. The van der Waals surface area contributed by atoms with Gasteiger partial charge in [0.05, 0.1) is 6.54 Å². The van der Waals surface area contributed by atoms with Crippen LogP contribution in [0.25, 0.3) is 10.9 Å². The highest BCUT2D eigenvalue weighted by atomic mass is 19.1. The number of carboxylic acids is 1. The minimum absolute atomic E-state index is 0.165. The highest BCUT2D eigenvalue weighted by Gasteiger charge is 2.23. The summed E-state index contributed by atoms with van der Waals surface area (Å²) in [6.45, 7) is 2.71. The van der Waals surface area contributed by atoms with Crippen molar-refractivity contribution in [1.29, 1.82) is 0 Å². The van der Waals surface area contributed by atoms with Gasteiger partial charge in [-0.25, -0.2) is 9.18 Å². The van der Waals surface area contributed by atoms with E-state index in [2.05, 4.69) is 24.4 Å². The lowest BCUT2D eigenvalue weighted by Crippen LogP contribution is -2.27. The van der Waals surface area contributed by atoms with Gasteiger partial charge in [0.15, 0.2) is 0 Å². The molecular weight excluding hydrogens is 403 g/mol. The zero-order chi connectivity index (χ0) is 22.5. The average molecular weight is 431 g/mol. The van der Waals surface area contributed by atoms with Crippen molar-refractivity contribution in [2.75, 3.05) is 0 Å². The molecule has 0 saturated heterocycles. The summed E-state index contributed by atoms with van der Waals surface area (Å²) in [5.41, 5.74) is 3.48. The van der Waals surface area contributed by atoms with Crippen LogP contribution in [0.4, 0.5) is 4.39 Å². The zero-order valence-corrected chi connectivity index (χ0v) is 18.1. The van der Waals surface area contributed by atoms with Crippen LogP contribution in [-0.2, 0) is 19.5 Å². The molecule has 0 amide bonds. The number of nitrogens with one attached hydrogen (secondary N) is 1. The number of hydrogen-bond donors (Lipinski definition) is 2. The first-order valence-electron chi connectivity index (χ1n) is 10.9. The molecule has 0 bridgehead atoms. The van der Waals surface area contributed by atoms with Crippen molar-refractivity contribution in [3.8, 4) is 0 Å². The Kier molecular flexibility index (Phi) is 6.66. The molecule has 5 heteroatoms. The van der Waals surface area contributed by atoms with Crippen LogP contribution in [0.1, 0.15) is 40.5 Å². The first-order valence-corrected chi connectivity index (χ1v) is 10.9. The van der Waals surface area contributed by atoms with Crippen molar-refractivity contribution in [3.63, 3.8) is 0 Å². The van der Waals surface area contributed by atoms with E-state index in [4.69, 9.17) is 0 Å². The smallest absolute Gasteiger partial charge is 0.352 e. The van der Waals surface area contributed by atoms with Gasteiger partial charge in [-0.1, -0.05) is 66.7 Å². The van der Waals surface area contributed by atoms with Crippen LogP contribution >= 0.6 is 0 Å². The third-order valence-electron chi connectivity index (χ3n) is 5.90. The number of fused-ring (bicyclic) bond motifs is 1. The molecule has 32 heavy (non-hydrogen) atoms. The van der Waals surface area contributed by atoms with Crippen LogP contribution in [0, 0.1) is 5.82 Å². The van der Waals surface area contributed by atoms with Crippen molar-refractivity contribution >= 4 is 16.9 Å². The second-order valence-corrected chi connectivity index (χ2v) is 8.13. The van der Waals surface area contributed by atoms with Crippen molar-refractivity contribution in [3.05, 3.63) is 107 Å². The summed E-state index contributed by atoms with van der Waals surface area (Å²) in [7, 11) is 0.